The minimum atomic E-state index is -1.03. The van der Waals surface area contributed by atoms with Crippen LogP contribution in [0.2, 0.25) is 0 Å². The van der Waals surface area contributed by atoms with E-state index in [9.17, 15) is 10.4 Å². The summed E-state index contributed by atoms with van der Waals surface area (Å²) >= 11 is 0. The topological polar surface area (TPSA) is 53.2 Å². The molecule has 0 spiro atoms. The molecule has 18 heavy (non-hydrogen) atoms. The van der Waals surface area contributed by atoms with Crippen molar-refractivity contribution >= 4 is 0 Å². The molecule has 1 N–H and O–H groups in total. The van der Waals surface area contributed by atoms with Gasteiger partial charge in [0.15, 0.2) is 0 Å². The average molecular weight is 243 g/mol. The second-order valence-corrected chi connectivity index (χ2v) is 5.36. The summed E-state index contributed by atoms with van der Waals surface area (Å²) in [6.45, 7) is 0.816. The Morgan fingerprint density at radius 3 is 2.83 bits per heavy atom. The quantitative estimate of drug-likeness (QED) is 0.820. The number of nitriles is 1. The lowest BCUT2D eigenvalue weighted by atomic mass is 9.61. The van der Waals surface area contributed by atoms with E-state index in [4.69, 9.17) is 4.74 Å². The summed E-state index contributed by atoms with van der Waals surface area (Å²) in [6, 6.07) is 10.4. The highest BCUT2D eigenvalue weighted by Crippen LogP contribution is 2.47. The molecule has 3 nitrogen and oxygen atoms in total. The molecule has 94 valence electrons. The van der Waals surface area contributed by atoms with E-state index < -0.39 is 11.0 Å². The second kappa shape index (κ2) is 4.08. The number of benzene rings is 1. The molecule has 0 radical (unpaired) electrons. The molecule has 0 aromatic heterocycles. The number of fused-ring (bicyclic) bond motifs is 1. The van der Waals surface area contributed by atoms with Gasteiger partial charge in [0.1, 0.15) is 11.0 Å². The lowest BCUT2D eigenvalue weighted by molar-refractivity contribution is -0.0298. The number of hydrogen-bond donors (Lipinski definition) is 1. The zero-order valence-electron chi connectivity index (χ0n) is 10.4. The third-order valence-electron chi connectivity index (χ3n) is 4.46. The monoisotopic (exact) mass is 243 g/mol. The Hall–Kier alpha value is -1.37. The number of aryl methyl sites for hydroxylation is 1. The van der Waals surface area contributed by atoms with Crippen LogP contribution >= 0.6 is 0 Å². The molecule has 1 aliphatic carbocycles. The Labute approximate surface area is 107 Å². The molecule has 1 aromatic carbocycles. The number of nitrogens with zero attached hydrogens (tertiary/aromatic N) is 1. The summed E-state index contributed by atoms with van der Waals surface area (Å²) in [6.07, 6.45) is 3.22. The van der Waals surface area contributed by atoms with E-state index in [1.165, 1.54) is 5.56 Å². The Balaban J connectivity index is 2.16. The third-order valence-corrected chi connectivity index (χ3v) is 4.46. The molecular weight excluding hydrogens is 226 g/mol. The zero-order chi connectivity index (χ0) is 12.6. The van der Waals surface area contributed by atoms with Crippen molar-refractivity contribution < 1.29 is 9.84 Å². The van der Waals surface area contributed by atoms with Gasteiger partial charge < -0.3 is 9.84 Å². The predicted molar refractivity (Wildman–Crippen MR) is 67.1 cm³/mol. The van der Waals surface area contributed by atoms with E-state index in [2.05, 4.69) is 12.1 Å². The summed E-state index contributed by atoms with van der Waals surface area (Å²) in [5, 5.41) is 20.6. The van der Waals surface area contributed by atoms with Crippen molar-refractivity contribution in [3.05, 3.63) is 35.4 Å². The standard InChI is InChI=1S/C15H17NO2/c16-10-14(15(17)8-9-18-11-15)7-3-5-12-4-1-2-6-13(12)14/h1-2,4,6,17H,3,5,7-9,11H2. The largest absolute Gasteiger partial charge is 0.385 e. The van der Waals surface area contributed by atoms with Crippen LogP contribution in [0.1, 0.15) is 30.4 Å². The van der Waals surface area contributed by atoms with Gasteiger partial charge in [-0.1, -0.05) is 24.3 Å². The summed E-state index contributed by atoms with van der Waals surface area (Å²) in [7, 11) is 0. The maximum Gasteiger partial charge on any atom is 0.113 e. The molecule has 2 unspecified atom stereocenters. The van der Waals surface area contributed by atoms with Gasteiger partial charge in [0, 0.05) is 13.0 Å². The van der Waals surface area contributed by atoms with Gasteiger partial charge in [-0.3, -0.25) is 0 Å². The summed E-state index contributed by atoms with van der Waals surface area (Å²) in [5.74, 6) is 0. The Kier molecular flexibility index (Phi) is 2.65. The van der Waals surface area contributed by atoms with E-state index in [1.807, 2.05) is 18.2 Å². The predicted octanol–water partition coefficient (Wildman–Crippen LogP) is 1.94. The van der Waals surface area contributed by atoms with Crippen molar-refractivity contribution in [1.29, 1.82) is 5.26 Å². The van der Waals surface area contributed by atoms with E-state index in [0.717, 1.165) is 24.8 Å². The highest BCUT2D eigenvalue weighted by atomic mass is 16.5. The van der Waals surface area contributed by atoms with E-state index in [0.29, 0.717) is 13.0 Å². The maximum absolute atomic E-state index is 10.9. The molecular formula is C15H17NO2. The van der Waals surface area contributed by atoms with Crippen LogP contribution in [0.3, 0.4) is 0 Å². The molecule has 2 atom stereocenters. The Bertz CT molecular complexity index is 499. The van der Waals surface area contributed by atoms with Crippen LogP contribution in [0.25, 0.3) is 0 Å². The third kappa shape index (κ3) is 1.43. The van der Waals surface area contributed by atoms with Crippen molar-refractivity contribution in [3.63, 3.8) is 0 Å². The fourth-order valence-electron chi connectivity index (χ4n) is 3.43. The number of hydrogen-bond acceptors (Lipinski definition) is 3. The van der Waals surface area contributed by atoms with E-state index in [-0.39, 0.29) is 6.61 Å². The molecule has 1 saturated heterocycles. The highest BCUT2D eigenvalue weighted by Gasteiger charge is 2.55. The Morgan fingerprint density at radius 1 is 1.28 bits per heavy atom. The molecule has 1 fully saturated rings. The molecule has 1 heterocycles. The van der Waals surface area contributed by atoms with Gasteiger partial charge in [0.25, 0.3) is 0 Å². The smallest absolute Gasteiger partial charge is 0.113 e. The van der Waals surface area contributed by atoms with E-state index in [1.54, 1.807) is 0 Å². The molecule has 0 saturated carbocycles. The summed E-state index contributed by atoms with van der Waals surface area (Å²) in [5.41, 5.74) is 0.383. The molecule has 0 amide bonds. The van der Waals surface area contributed by atoms with Gasteiger partial charge >= 0.3 is 0 Å². The van der Waals surface area contributed by atoms with Gasteiger partial charge in [-0.15, -0.1) is 0 Å². The zero-order valence-corrected chi connectivity index (χ0v) is 10.4. The SMILES string of the molecule is N#CC1(C2(O)CCOC2)CCCc2ccccc21. The normalized spacial score (nSPS) is 34.9. The molecule has 0 bridgehead atoms. The van der Waals surface area contributed by atoms with Crippen molar-refractivity contribution in [2.24, 2.45) is 0 Å². The van der Waals surface area contributed by atoms with Gasteiger partial charge in [-0.25, -0.2) is 0 Å². The first-order chi connectivity index (χ1) is 8.72. The minimum Gasteiger partial charge on any atom is -0.385 e. The molecule has 1 aromatic rings. The fraction of sp³-hybridized carbons (Fsp3) is 0.533. The van der Waals surface area contributed by atoms with Crippen molar-refractivity contribution in [1.82, 2.24) is 0 Å². The highest BCUT2D eigenvalue weighted by molar-refractivity contribution is 5.45. The van der Waals surface area contributed by atoms with Crippen molar-refractivity contribution in [3.8, 4) is 6.07 Å². The maximum atomic E-state index is 10.9. The van der Waals surface area contributed by atoms with Crippen LogP contribution in [0.4, 0.5) is 0 Å². The molecule has 1 aliphatic heterocycles. The second-order valence-electron chi connectivity index (χ2n) is 5.36. The molecule has 3 rings (SSSR count). The summed E-state index contributed by atoms with van der Waals surface area (Å²) in [4.78, 5) is 0. The van der Waals surface area contributed by atoms with E-state index >= 15 is 0 Å². The lowest BCUT2D eigenvalue weighted by Crippen LogP contribution is -2.53. The van der Waals surface area contributed by atoms with Gasteiger partial charge in [0.05, 0.1) is 12.7 Å². The van der Waals surface area contributed by atoms with Crippen LogP contribution in [-0.2, 0) is 16.6 Å². The van der Waals surface area contributed by atoms with Gasteiger partial charge in [-0.05, 0) is 30.4 Å². The number of aliphatic hydroxyl groups is 1. The Morgan fingerprint density at radius 2 is 2.11 bits per heavy atom. The molecule has 2 aliphatic rings. The first-order valence-electron chi connectivity index (χ1n) is 6.52. The number of ether oxygens (including phenoxy) is 1. The van der Waals surface area contributed by atoms with Gasteiger partial charge in [0.2, 0.25) is 0 Å². The van der Waals surface area contributed by atoms with Crippen LogP contribution < -0.4 is 0 Å². The number of rotatable bonds is 1. The first kappa shape index (κ1) is 11.7. The van der Waals surface area contributed by atoms with Crippen LogP contribution in [-0.4, -0.2) is 23.9 Å². The van der Waals surface area contributed by atoms with Gasteiger partial charge in [-0.2, -0.15) is 5.26 Å². The van der Waals surface area contributed by atoms with Crippen LogP contribution in [0, 0.1) is 11.3 Å². The average Bonchev–Trinajstić information content (AvgIpc) is 2.86. The molecule has 3 heteroatoms. The van der Waals surface area contributed by atoms with Crippen LogP contribution in [0.15, 0.2) is 24.3 Å². The fourth-order valence-corrected chi connectivity index (χ4v) is 3.43. The van der Waals surface area contributed by atoms with Crippen molar-refractivity contribution in [2.75, 3.05) is 13.2 Å². The summed E-state index contributed by atoms with van der Waals surface area (Å²) < 4.78 is 5.35. The lowest BCUT2D eigenvalue weighted by Gasteiger charge is -2.43. The first-order valence-corrected chi connectivity index (χ1v) is 6.52. The van der Waals surface area contributed by atoms with Crippen LogP contribution in [0.5, 0.6) is 0 Å². The van der Waals surface area contributed by atoms with Crippen molar-refractivity contribution in [2.45, 2.75) is 36.7 Å². The minimum absolute atomic E-state index is 0.273.